The van der Waals surface area contributed by atoms with E-state index >= 15 is 0 Å². The molecule has 8 heteroatoms. The normalized spacial score (nSPS) is 14.1. The van der Waals surface area contributed by atoms with Crippen molar-refractivity contribution < 1.29 is 28.3 Å². The van der Waals surface area contributed by atoms with Crippen LogP contribution in [0.2, 0.25) is 0 Å². The van der Waals surface area contributed by atoms with E-state index in [0.717, 1.165) is 0 Å². The van der Waals surface area contributed by atoms with Gasteiger partial charge in [0, 0.05) is 0 Å². The lowest BCUT2D eigenvalue weighted by molar-refractivity contribution is -0.138. The number of carbonyl (C=O) groups excluding carboxylic acids is 3. The molecule has 0 atom stereocenters. The number of aryl methyl sites for hydroxylation is 2. The number of hydrogen-bond acceptors (Lipinski definition) is 6. The fourth-order valence-electron chi connectivity index (χ4n) is 2.12. The molecule has 23 heavy (non-hydrogen) atoms. The van der Waals surface area contributed by atoms with E-state index < -0.39 is 18.0 Å². The number of esters is 2. The number of amides is 2. The molecule has 0 aliphatic carbocycles. The van der Waals surface area contributed by atoms with Gasteiger partial charge < -0.3 is 24.5 Å². The zero-order valence-electron chi connectivity index (χ0n) is 13.1. The lowest BCUT2D eigenvalue weighted by Gasteiger charge is -2.21. The van der Waals surface area contributed by atoms with Crippen LogP contribution in [0.1, 0.15) is 28.8 Å². The largest absolute Gasteiger partial charge is 0.466 e. The van der Waals surface area contributed by atoms with Gasteiger partial charge in [-0.15, -0.1) is 0 Å². The summed E-state index contributed by atoms with van der Waals surface area (Å²) in [5.74, 6) is -0.123. The average molecular weight is 322 g/mol. The lowest BCUT2D eigenvalue weighted by atomic mass is 10.1. The van der Waals surface area contributed by atoms with Crippen LogP contribution in [0.25, 0.3) is 0 Å². The Bertz CT molecular complexity index is 674. The standard InChI is InChI=1S/C15H18N2O6/c1-4-21-14(19)11-6-16-15(20)17-12(11)7-22-13(18)10-5-8(2)23-9(10)3/h5H,4,6-7H2,1-3H3,(H2,16,17,20). The van der Waals surface area contributed by atoms with Crippen molar-refractivity contribution in [3.05, 3.63) is 34.4 Å². The molecular formula is C15H18N2O6. The summed E-state index contributed by atoms with van der Waals surface area (Å²) < 4.78 is 15.3. The van der Waals surface area contributed by atoms with E-state index in [-0.39, 0.29) is 31.0 Å². The summed E-state index contributed by atoms with van der Waals surface area (Å²) in [6.45, 7) is 5.02. The van der Waals surface area contributed by atoms with Crippen LogP contribution < -0.4 is 10.6 Å². The second-order valence-electron chi connectivity index (χ2n) is 4.89. The van der Waals surface area contributed by atoms with E-state index in [0.29, 0.717) is 17.1 Å². The molecule has 0 fully saturated rings. The number of urea groups is 1. The summed E-state index contributed by atoms with van der Waals surface area (Å²) in [6, 6.07) is 1.10. The van der Waals surface area contributed by atoms with Crippen LogP contribution in [0, 0.1) is 13.8 Å². The molecule has 0 spiro atoms. The first-order valence-electron chi connectivity index (χ1n) is 7.10. The van der Waals surface area contributed by atoms with E-state index in [1.54, 1.807) is 26.8 Å². The zero-order chi connectivity index (χ0) is 17.0. The summed E-state index contributed by atoms with van der Waals surface area (Å²) in [7, 11) is 0. The number of nitrogens with one attached hydrogen (secondary N) is 2. The SMILES string of the molecule is CCOC(=O)C1=C(COC(=O)c2cc(C)oc2C)NC(=O)NC1. The Morgan fingerprint density at radius 3 is 2.61 bits per heavy atom. The van der Waals surface area contributed by atoms with Gasteiger partial charge in [0.05, 0.1) is 24.4 Å². The molecule has 0 saturated heterocycles. The summed E-state index contributed by atoms with van der Waals surface area (Å²) in [6.07, 6.45) is 0. The van der Waals surface area contributed by atoms with Gasteiger partial charge in [0.25, 0.3) is 0 Å². The minimum Gasteiger partial charge on any atom is -0.466 e. The van der Waals surface area contributed by atoms with Gasteiger partial charge in [-0.2, -0.15) is 0 Å². The maximum absolute atomic E-state index is 12.1. The molecule has 0 bridgehead atoms. The van der Waals surface area contributed by atoms with Crippen LogP contribution >= 0.6 is 0 Å². The van der Waals surface area contributed by atoms with Gasteiger partial charge >= 0.3 is 18.0 Å². The monoisotopic (exact) mass is 322 g/mol. The molecule has 2 heterocycles. The first-order chi connectivity index (χ1) is 10.9. The van der Waals surface area contributed by atoms with Gasteiger partial charge in [-0.3, -0.25) is 0 Å². The number of ether oxygens (including phenoxy) is 2. The molecule has 1 aromatic rings. The Balaban J connectivity index is 2.11. The molecule has 1 aliphatic heterocycles. The fraction of sp³-hybridized carbons (Fsp3) is 0.400. The van der Waals surface area contributed by atoms with Crippen molar-refractivity contribution in [1.82, 2.24) is 10.6 Å². The highest BCUT2D eigenvalue weighted by Crippen LogP contribution is 2.16. The Labute approximate surface area is 132 Å². The topological polar surface area (TPSA) is 107 Å². The number of rotatable bonds is 5. The van der Waals surface area contributed by atoms with Crippen LogP contribution in [-0.4, -0.2) is 37.7 Å². The summed E-state index contributed by atoms with van der Waals surface area (Å²) in [4.78, 5) is 35.3. The molecule has 0 saturated carbocycles. The molecule has 2 rings (SSSR count). The van der Waals surface area contributed by atoms with Crippen LogP contribution in [-0.2, 0) is 14.3 Å². The number of furan rings is 1. The van der Waals surface area contributed by atoms with Crippen LogP contribution in [0.5, 0.6) is 0 Å². The van der Waals surface area contributed by atoms with Gasteiger partial charge in [0.2, 0.25) is 0 Å². The highest BCUT2D eigenvalue weighted by atomic mass is 16.5. The first kappa shape index (κ1) is 16.6. The molecule has 124 valence electrons. The molecule has 1 aromatic heterocycles. The second kappa shape index (κ2) is 6.99. The van der Waals surface area contributed by atoms with Crippen molar-refractivity contribution in [2.45, 2.75) is 20.8 Å². The van der Waals surface area contributed by atoms with E-state index in [9.17, 15) is 14.4 Å². The van der Waals surface area contributed by atoms with E-state index in [1.165, 1.54) is 0 Å². The third kappa shape index (κ3) is 3.91. The maximum atomic E-state index is 12.1. The molecule has 1 aliphatic rings. The number of hydrogen-bond donors (Lipinski definition) is 2. The summed E-state index contributed by atoms with van der Waals surface area (Å²) in [5.41, 5.74) is 0.735. The molecule has 0 aromatic carbocycles. The predicted molar refractivity (Wildman–Crippen MR) is 78.7 cm³/mol. The van der Waals surface area contributed by atoms with Gasteiger partial charge in [0.15, 0.2) is 0 Å². The van der Waals surface area contributed by atoms with Crippen molar-refractivity contribution >= 4 is 18.0 Å². The Morgan fingerprint density at radius 2 is 2.00 bits per heavy atom. The molecule has 2 N–H and O–H groups in total. The molecule has 0 unspecified atom stereocenters. The minimum atomic E-state index is -0.595. The highest BCUT2D eigenvalue weighted by Gasteiger charge is 2.25. The van der Waals surface area contributed by atoms with E-state index in [1.807, 2.05) is 0 Å². The Hall–Kier alpha value is -2.77. The molecule has 2 amide bonds. The van der Waals surface area contributed by atoms with Crippen LogP contribution in [0.4, 0.5) is 4.79 Å². The highest BCUT2D eigenvalue weighted by molar-refractivity contribution is 5.94. The Morgan fingerprint density at radius 1 is 1.26 bits per heavy atom. The second-order valence-corrected chi connectivity index (χ2v) is 4.89. The molecular weight excluding hydrogens is 304 g/mol. The van der Waals surface area contributed by atoms with Crippen LogP contribution in [0.15, 0.2) is 21.8 Å². The van der Waals surface area contributed by atoms with E-state index in [4.69, 9.17) is 13.9 Å². The van der Waals surface area contributed by atoms with Crippen molar-refractivity contribution in [2.24, 2.45) is 0 Å². The quantitative estimate of drug-likeness (QED) is 0.788. The number of carbonyl (C=O) groups is 3. The third-order valence-corrected chi connectivity index (χ3v) is 3.18. The third-order valence-electron chi connectivity index (χ3n) is 3.18. The molecule has 0 radical (unpaired) electrons. The van der Waals surface area contributed by atoms with Crippen molar-refractivity contribution in [1.29, 1.82) is 0 Å². The van der Waals surface area contributed by atoms with Crippen LogP contribution in [0.3, 0.4) is 0 Å². The minimum absolute atomic E-state index is 0.0153. The fourth-order valence-corrected chi connectivity index (χ4v) is 2.12. The molecule has 8 nitrogen and oxygen atoms in total. The van der Waals surface area contributed by atoms with Crippen molar-refractivity contribution in [3.8, 4) is 0 Å². The van der Waals surface area contributed by atoms with Gasteiger partial charge in [-0.25, -0.2) is 14.4 Å². The lowest BCUT2D eigenvalue weighted by Crippen LogP contribution is -2.45. The zero-order valence-corrected chi connectivity index (χ0v) is 13.1. The van der Waals surface area contributed by atoms with Crippen molar-refractivity contribution in [2.75, 3.05) is 19.8 Å². The smallest absolute Gasteiger partial charge is 0.342 e. The maximum Gasteiger partial charge on any atom is 0.342 e. The summed E-state index contributed by atoms with van der Waals surface area (Å²) >= 11 is 0. The van der Waals surface area contributed by atoms with E-state index in [2.05, 4.69) is 10.6 Å². The Kier molecular flexibility index (Phi) is 5.05. The van der Waals surface area contributed by atoms with Gasteiger partial charge in [-0.1, -0.05) is 0 Å². The predicted octanol–water partition coefficient (Wildman–Crippen LogP) is 1.18. The van der Waals surface area contributed by atoms with Gasteiger partial charge in [0.1, 0.15) is 23.7 Å². The van der Waals surface area contributed by atoms with Gasteiger partial charge in [-0.05, 0) is 26.8 Å². The van der Waals surface area contributed by atoms with Crippen molar-refractivity contribution in [3.63, 3.8) is 0 Å². The summed E-state index contributed by atoms with van der Waals surface area (Å²) in [5, 5.41) is 4.93. The average Bonchev–Trinajstić information content (AvgIpc) is 2.84. The first-order valence-corrected chi connectivity index (χ1v) is 7.10.